The van der Waals surface area contributed by atoms with Gasteiger partial charge in [-0.1, -0.05) is 18.2 Å². The lowest BCUT2D eigenvalue weighted by Gasteiger charge is -2.24. The van der Waals surface area contributed by atoms with E-state index >= 15 is 0 Å². The normalized spacial score (nSPS) is 22.1. The van der Waals surface area contributed by atoms with Crippen molar-refractivity contribution >= 4 is 5.91 Å². The van der Waals surface area contributed by atoms with Gasteiger partial charge in [-0.3, -0.25) is 4.79 Å². The van der Waals surface area contributed by atoms with Crippen LogP contribution in [-0.4, -0.2) is 30.8 Å². The predicted octanol–water partition coefficient (Wildman–Crippen LogP) is 3.67. The molecule has 0 aliphatic carbocycles. The van der Waals surface area contributed by atoms with Gasteiger partial charge in [0.2, 0.25) is 0 Å². The van der Waals surface area contributed by atoms with Crippen molar-refractivity contribution in [2.75, 3.05) is 13.2 Å². The third-order valence-corrected chi connectivity index (χ3v) is 5.32. The maximum Gasteiger partial charge on any atom is 0.251 e. The fourth-order valence-electron chi connectivity index (χ4n) is 3.92. The first kappa shape index (κ1) is 18.0. The summed E-state index contributed by atoms with van der Waals surface area (Å²) in [4.78, 5) is 12.6. The highest BCUT2D eigenvalue weighted by molar-refractivity contribution is 5.94. The molecule has 0 unspecified atom stereocenters. The van der Waals surface area contributed by atoms with Crippen molar-refractivity contribution in [1.82, 2.24) is 5.32 Å². The van der Waals surface area contributed by atoms with E-state index in [0.717, 1.165) is 24.2 Å². The summed E-state index contributed by atoms with van der Waals surface area (Å²) in [6, 6.07) is 12.5. The van der Waals surface area contributed by atoms with Crippen LogP contribution in [0.1, 0.15) is 41.3 Å². The van der Waals surface area contributed by atoms with Crippen molar-refractivity contribution in [3.05, 3.63) is 65.0 Å². The third-order valence-electron chi connectivity index (χ3n) is 5.32. The molecule has 1 fully saturated rings. The summed E-state index contributed by atoms with van der Waals surface area (Å²) in [6.07, 6.45) is 2.83. The SMILES string of the molecule is C[C@@]1(Cc2ccccc2F)Cc2cc(C(=O)NC3CCOCC3)ccc2O1. The Kier molecular flexibility index (Phi) is 4.87. The van der Waals surface area contributed by atoms with Gasteiger partial charge in [0.05, 0.1) is 0 Å². The number of ether oxygens (including phenoxy) is 2. The molecule has 0 aromatic heterocycles. The number of hydrogen-bond donors (Lipinski definition) is 1. The van der Waals surface area contributed by atoms with Crippen molar-refractivity contribution < 1.29 is 18.7 Å². The Balaban J connectivity index is 1.46. The van der Waals surface area contributed by atoms with E-state index in [2.05, 4.69) is 5.32 Å². The highest BCUT2D eigenvalue weighted by atomic mass is 19.1. The summed E-state index contributed by atoms with van der Waals surface area (Å²) < 4.78 is 25.5. The summed E-state index contributed by atoms with van der Waals surface area (Å²) >= 11 is 0. The first-order valence-electron chi connectivity index (χ1n) is 9.46. The average Bonchev–Trinajstić information content (AvgIpc) is 2.99. The van der Waals surface area contributed by atoms with Gasteiger partial charge in [0.25, 0.3) is 5.91 Å². The molecule has 2 aromatic carbocycles. The number of amides is 1. The molecule has 0 spiro atoms. The minimum atomic E-state index is -0.514. The average molecular weight is 369 g/mol. The fraction of sp³-hybridized carbons (Fsp3) is 0.409. The lowest BCUT2D eigenvalue weighted by Crippen LogP contribution is -2.38. The lowest BCUT2D eigenvalue weighted by atomic mass is 9.91. The minimum Gasteiger partial charge on any atom is -0.487 e. The second kappa shape index (κ2) is 7.31. The summed E-state index contributed by atoms with van der Waals surface area (Å²) in [5.74, 6) is 0.499. The number of rotatable bonds is 4. The van der Waals surface area contributed by atoms with Gasteiger partial charge in [-0.25, -0.2) is 4.39 Å². The molecule has 1 amide bonds. The molecule has 4 nitrogen and oxygen atoms in total. The van der Waals surface area contributed by atoms with Crippen LogP contribution >= 0.6 is 0 Å². The van der Waals surface area contributed by atoms with E-state index in [1.165, 1.54) is 6.07 Å². The molecule has 0 radical (unpaired) electrons. The number of benzene rings is 2. The zero-order valence-electron chi connectivity index (χ0n) is 15.5. The summed E-state index contributed by atoms with van der Waals surface area (Å²) in [6.45, 7) is 3.37. The van der Waals surface area contributed by atoms with Crippen LogP contribution < -0.4 is 10.1 Å². The van der Waals surface area contributed by atoms with Crippen LogP contribution in [0.4, 0.5) is 4.39 Å². The molecule has 1 saturated heterocycles. The fourth-order valence-corrected chi connectivity index (χ4v) is 3.92. The van der Waals surface area contributed by atoms with E-state index in [0.29, 0.717) is 37.2 Å². The third kappa shape index (κ3) is 3.98. The van der Waals surface area contributed by atoms with E-state index in [1.807, 2.05) is 25.1 Å². The van der Waals surface area contributed by atoms with Gasteiger partial charge in [-0.15, -0.1) is 0 Å². The van der Waals surface area contributed by atoms with E-state index < -0.39 is 5.60 Å². The van der Waals surface area contributed by atoms with Gasteiger partial charge in [0.15, 0.2) is 0 Å². The number of hydrogen-bond acceptors (Lipinski definition) is 3. The Labute approximate surface area is 158 Å². The Hall–Kier alpha value is -2.40. The van der Waals surface area contributed by atoms with Crippen molar-refractivity contribution in [3.63, 3.8) is 0 Å². The van der Waals surface area contributed by atoms with Gasteiger partial charge in [-0.2, -0.15) is 0 Å². The van der Waals surface area contributed by atoms with Crippen molar-refractivity contribution in [2.24, 2.45) is 0 Å². The summed E-state index contributed by atoms with van der Waals surface area (Å²) in [7, 11) is 0. The molecular formula is C22H24FNO3. The van der Waals surface area contributed by atoms with Crippen molar-refractivity contribution in [1.29, 1.82) is 0 Å². The Morgan fingerprint density at radius 1 is 1.22 bits per heavy atom. The van der Waals surface area contributed by atoms with Crippen LogP contribution in [0.2, 0.25) is 0 Å². The van der Waals surface area contributed by atoms with Crippen LogP contribution in [-0.2, 0) is 17.6 Å². The molecule has 0 bridgehead atoms. The topological polar surface area (TPSA) is 47.6 Å². The molecule has 2 heterocycles. The summed E-state index contributed by atoms with van der Waals surface area (Å²) in [5.41, 5.74) is 1.76. The minimum absolute atomic E-state index is 0.0626. The maximum atomic E-state index is 14.0. The molecular weight excluding hydrogens is 345 g/mol. The van der Waals surface area contributed by atoms with E-state index in [4.69, 9.17) is 9.47 Å². The first-order chi connectivity index (χ1) is 13.0. The molecule has 5 heteroatoms. The second-order valence-electron chi connectivity index (χ2n) is 7.68. The van der Waals surface area contributed by atoms with Gasteiger partial charge < -0.3 is 14.8 Å². The molecule has 2 aliphatic rings. The number of nitrogens with one attached hydrogen (secondary N) is 1. The highest BCUT2D eigenvalue weighted by Crippen LogP contribution is 2.37. The Bertz CT molecular complexity index is 847. The second-order valence-corrected chi connectivity index (χ2v) is 7.68. The molecule has 1 atom stereocenters. The number of fused-ring (bicyclic) bond motifs is 1. The van der Waals surface area contributed by atoms with E-state index in [1.54, 1.807) is 18.2 Å². The van der Waals surface area contributed by atoms with Crippen LogP contribution in [0.5, 0.6) is 5.75 Å². The molecule has 2 aliphatic heterocycles. The maximum absolute atomic E-state index is 14.0. The van der Waals surface area contributed by atoms with Crippen molar-refractivity contribution in [2.45, 2.75) is 44.2 Å². The summed E-state index contributed by atoms with van der Waals surface area (Å²) in [5, 5.41) is 3.09. The monoisotopic (exact) mass is 369 g/mol. The lowest BCUT2D eigenvalue weighted by molar-refractivity contribution is 0.0696. The van der Waals surface area contributed by atoms with E-state index in [-0.39, 0.29) is 17.8 Å². The zero-order valence-corrected chi connectivity index (χ0v) is 15.5. The van der Waals surface area contributed by atoms with Gasteiger partial charge in [0, 0.05) is 37.7 Å². The van der Waals surface area contributed by atoms with E-state index in [9.17, 15) is 9.18 Å². The predicted molar refractivity (Wildman–Crippen MR) is 101 cm³/mol. The smallest absolute Gasteiger partial charge is 0.251 e. The first-order valence-corrected chi connectivity index (χ1v) is 9.46. The largest absolute Gasteiger partial charge is 0.487 e. The quantitative estimate of drug-likeness (QED) is 0.895. The molecule has 2 aromatic rings. The van der Waals surface area contributed by atoms with Crippen LogP contribution in [0, 0.1) is 5.82 Å². The zero-order chi connectivity index (χ0) is 18.9. The van der Waals surface area contributed by atoms with Gasteiger partial charge in [0.1, 0.15) is 17.2 Å². The number of halogens is 1. The van der Waals surface area contributed by atoms with Gasteiger partial charge >= 0.3 is 0 Å². The number of carbonyl (C=O) groups is 1. The van der Waals surface area contributed by atoms with Crippen LogP contribution in [0.3, 0.4) is 0 Å². The standard InChI is InChI=1S/C22H24FNO3/c1-22(13-16-4-2-3-5-19(16)23)14-17-12-15(6-7-20(17)27-22)21(25)24-18-8-10-26-11-9-18/h2-7,12,18H,8-11,13-14H2,1H3,(H,24,25)/t22-/m1/s1. The van der Waals surface area contributed by atoms with Gasteiger partial charge in [-0.05, 0) is 55.2 Å². The molecule has 0 saturated carbocycles. The van der Waals surface area contributed by atoms with Crippen molar-refractivity contribution in [3.8, 4) is 5.75 Å². The molecule has 1 N–H and O–H groups in total. The molecule has 142 valence electrons. The Morgan fingerprint density at radius 3 is 2.78 bits per heavy atom. The highest BCUT2D eigenvalue weighted by Gasteiger charge is 2.36. The van der Waals surface area contributed by atoms with Crippen LogP contribution in [0.15, 0.2) is 42.5 Å². The molecule has 27 heavy (non-hydrogen) atoms. The Morgan fingerprint density at radius 2 is 2.00 bits per heavy atom. The van der Waals surface area contributed by atoms with Crippen LogP contribution in [0.25, 0.3) is 0 Å². The number of carbonyl (C=O) groups excluding carboxylic acids is 1. The molecule has 4 rings (SSSR count).